The van der Waals surface area contributed by atoms with Gasteiger partial charge in [0.1, 0.15) is 6.33 Å². The topological polar surface area (TPSA) is 87.4 Å². The summed E-state index contributed by atoms with van der Waals surface area (Å²) in [6.07, 6.45) is 3.27. The molecule has 0 aliphatic carbocycles. The second-order valence-electron chi connectivity index (χ2n) is 7.71. The summed E-state index contributed by atoms with van der Waals surface area (Å²) in [6, 6.07) is 8.05. The summed E-state index contributed by atoms with van der Waals surface area (Å²) in [5.41, 5.74) is 7.54. The molecule has 1 fully saturated rings. The van der Waals surface area contributed by atoms with Crippen LogP contribution in [-0.2, 0) is 11.3 Å². The van der Waals surface area contributed by atoms with Crippen molar-refractivity contribution < 1.29 is 9.18 Å². The summed E-state index contributed by atoms with van der Waals surface area (Å²) in [4.78, 5) is 23.1. The van der Waals surface area contributed by atoms with Gasteiger partial charge in [-0.3, -0.25) is 9.69 Å². The summed E-state index contributed by atoms with van der Waals surface area (Å²) < 4.78 is 15.0. The quantitative estimate of drug-likeness (QED) is 0.706. The Morgan fingerprint density at radius 2 is 2.03 bits per heavy atom. The number of halogens is 1. The summed E-state index contributed by atoms with van der Waals surface area (Å²) >= 11 is 0. The molecule has 156 valence electrons. The summed E-state index contributed by atoms with van der Waals surface area (Å²) in [5.74, 6) is 0.177. The molecule has 1 aliphatic rings. The van der Waals surface area contributed by atoms with E-state index in [2.05, 4.69) is 20.2 Å². The lowest BCUT2D eigenvalue weighted by molar-refractivity contribution is -0.119. The second kappa shape index (κ2) is 9.65. The van der Waals surface area contributed by atoms with E-state index in [-0.39, 0.29) is 17.5 Å². The number of nitrogens with zero attached hydrogens (tertiary/aromatic N) is 4. The van der Waals surface area contributed by atoms with Gasteiger partial charge in [-0.1, -0.05) is 24.3 Å². The smallest absolute Gasteiger partial charge is 0.231 e. The molecule has 2 aromatic rings. The molecule has 0 spiro atoms. The van der Waals surface area contributed by atoms with Gasteiger partial charge in [-0.15, -0.1) is 0 Å². The maximum absolute atomic E-state index is 15.0. The first-order valence-electron chi connectivity index (χ1n) is 9.94. The van der Waals surface area contributed by atoms with Crippen LogP contribution < -0.4 is 16.0 Å². The number of anilines is 2. The molecular formula is C21H29FN6O. The van der Waals surface area contributed by atoms with E-state index in [0.717, 1.165) is 37.1 Å². The molecule has 3 N–H and O–H groups in total. The molecular weight excluding hydrogens is 371 g/mol. The maximum atomic E-state index is 15.0. The van der Waals surface area contributed by atoms with Gasteiger partial charge in [0.25, 0.3) is 0 Å². The molecule has 2 heterocycles. The average Bonchev–Trinajstić information content (AvgIpc) is 2.69. The van der Waals surface area contributed by atoms with Crippen LogP contribution >= 0.6 is 0 Å². The van der Waals surface area contributed by atoms with Gasteiger partial charge in [-0.05, 0) is 49.9 Å². The van der Waals surface area contributed by atoms with Crippen LogP contribution in [-0.4, -0.2) is 54.0 Å². The molecule has 29 heavy (non-hydrogen) atoms. The summed E-state index contributed by atoms with van der Waals surface area (Å²) in [6.45, 7) is 5.20. The first-order valence-corrected chi connectivity index (χ1v) is 9.94. The molecule has 0 unspecified atom stereocenters. The van der Waals surface area contributed by atoms with Crippen molar-refractivity contribution in [1.82, 2.24) is 14.9 Å². The third-order valence-electron chi connectivity index (χ3n) is 5.45. The van der Waals surface area contributed by atoms with E-state index in [9.17, 15) is 9.18 Å². The fourth-order valence-corrected chi connectivity index (χ4v) is 3.68. The molecule has 1 aromatic carbocycles. The fraction of sp³-hybridized carbons (Fsp3) is 0.476. The Labute approximate surface area is 171 Å². The van der Waals surface area contributed by atoms with Crippen LogP contribution in [0, 0.1) is 18.7 Å². The minimum absolute atomic E-state index is 0.228. The Morgan fingerprint density at radius 3 is 2.72 bits per heavy atom. The molecule has 0 atom stereocenters. The predicted octanol–water partition coefficient (Wildman–Crippen LogP) is 2.17. The number of carbonyl (C=O) groups is 1. The summed E-state index contributed by atoms with van der Waals surface area (Å²) in [7, 11) is 1.83. The highest BCUT2D eigenvalue weighted by molar-refractivity contribution is 5.75. The third kappa shape index (κ3) is 5.63. The number of hydrogen-bond donors (Lipinski definition) is 2. The molecule has 1 aliphatic heterocycles. The van der Waals surface area contributed by atoms with Gasteiger partial charge >= 0.3 is 0 Å². The zero-order chi connectivity index (χ0) is 20.8. The number of nitrogens with two attached hydrogens (primary N) is 1. The van der Waals surface area contributed by atoms with Crippen molar-refractivity contribution in [2.24, 2.45) is 11.7 Å². The zero-order valence-electron chi connectivity index (χ0n) is 17.1. The monoisotopic (exact) mass is 400 g/mol. The van der Waals surface area contributed by atoms with Crippen LogP contribution in [0.25, 0.3) is 0 Å². The molecule has 0 radical (unpaired) electrons. The normalized spacial score (nSPS) is 15.3. The van der Waals surface area contributed by atoms with Crippen molar-refractivity contribution >= 4 is 17.5 Å². The van der Waals surface area contributed by atoms with Crippen LogP contribution in [0.4, 0.5) is 16.0 Å². The number of likely N-dealkylation sites (tertiary alicyclic amines) is 1. The Bertz CT molecular complexity index is 838. The maximum Gasteiger partial charge on any atom is 0.231 e. The SMILES string of the molecule is Cc1ccccc1CN(C)c1ncnc(NCC2CCN(CC(N)=O)CC2)c1F. The van der Waals surface area contributed by atoms with Crippen molar-refractivity contribution in [3.05, 3.63) is 47.5 Å². The van der Waals surface area contributed by atoms with Gasteiger partial charge in [0.15, 0.2) is 11.6 Å². The van der Waals surface area contributed by atoms with Crippen LogP contribution in [0.5, 0.6) is 0 Å². The number of piperidine rings is 1. The number of carbonyl (C=O) groups excluding carboxylic acids is 1. The minimum atomic E-state index is -0.435. The average molecular weight is 401 g/mol. The van der Waals surface area contributed by atoms with E-state index in [0.29, 0.717) is 25.6 Å². The largest absolute Gasteiger partial charge is 0.369 e. The van der Waals surface area contributed by atoms with Crippen molar-refractivity contribution in [1.29, 1.82) is 0 Å². The lowest BCUT2D eigenvalue weighted by atomic mass is 9.97. The van der Waals surface area contributed by atoms with Gasteiger partial charge in [-0.25, -0.2) is 9.97 Å². The van der Waals surface area contributed by atoms with Crippen LogP contribution in [0.3, 0.4) is 0 Å². The molecule has 7 nitrogen and oxygen atoms in total. The molecule has 8 heteroatoms. The Balaban J connectivity index is 1.58. The van der Waals surface area contributed by atoms with Gasteiger partial charge in [0, 0.05) is 20.1 Å². The van der Waals surface area contributed by atoms with Gasteiger partial charge < -0.3 is 16.0 Å². The Hall–Kier alpha value is -2.74. The minimum Gasteiger partial charge on any atom is -0.369 e. The number of amides is 1. The highest BCUT2D eigenvalue weighted by Gasteiger charge is 2.21. The molecule has 1 amide bonds. The van der Waals surface area contributed by atoms with Gasteiger partial charge in [-0.2, -0.15) is 4.39 Å². The Morgan fingerprint density at radius 1 is 1.31 bits per heavy atom. The first-order chi connectivity index (χ1) is 13.9. The molecule has 1 aromatic heterocycles. The predicted molar refractivity (Wildman–Crippen MR) is 112 cm³/mol. The molecule has 1 saturated heterocycles. The zero-order valence-corrected chi connectivity index (χ0v) is 17.1. The Kier molecular flexibility index (Phi) is 6.98. The van der Waals surface area contributed by atoms with Gasteiger partial charge in [0.2, 0.25) is 11.7 Å². The van der Waals surface area contributed by atoms with E-state index < -0.39 is 5.82 Å². The highest BCUT2D eigenvalue weighted by atomic mass is 19.1. The fourth-order valence-electron chi connectivity index (χ4n) is 3.68. The van der Waals surface area contributed by atoms with E-state index in [1.54, 1.807) is 4.90 Å². The van der Waals surface area contributed by atoms with E-state index in [1.165, 1.54) is 6.33 Å². The molecule has 0 bridgehead atoms. The second-order valence-corrected chi connectivity index (χ2v) is 7.71. The number of aryl methyl sites for hydroxylation is 1. The lowest BCUT2D eigenvalue weighted by Crippen LogP contribution is -2.40. The van der Waals surface area contributed by atoms with E-state index in [1.807, 2.05) is 38.2 Å². The van der Waals surface area contributed by atoms with Crippen molar-refractivity contribution in [2.75, 3.05) is 43.4 Å². The van der Waals surface area contributed by atoms with E-state index >= 15 is 0 Å². The number of primary amides is 1. The number of hydrogen-bond acceptors (Lipinski definition) is 6. The van der Waals surface area contributed by atoms with Gasteiger partial charge in [0.05, 0.1) is 6.54 Å². The number of nitrogens with one attached hydrogen (secondary N) is 1. The lowest BCUT2D eigenvalue weighted by Gasteiger charge is -2.31. The van der Waals surface area contributed by atoms with Crippen molar-refractivity contribution in [3.8, 4) is 0 Å². The van der Waals surface area contributed by atoms with Crippen LogP contribution in [0.1, 0.15) is 24.0 Å². The number of benzene rings is 1. The number of aromatic nitrogens is 2. The van der Waals surface area contributed by atoms with Crippen molar-refractivity contribution in [3.63, 3.8) is 0 Å². The molecule has 3 rings (SSSR count). The van der Waals surface area contributed by atoms with Crippen LogP contribution in [0.2, 0.25) is 0 Å². The molecule has 0 saturated carbocycles. The number of rotatable bonds is 8. The van der Waals surface area contributed by atoms with Crippen LogP contribution in [0.15, 0.2) is 30.6 Å². The first kappa shape index (κ1) is 21.0. The summed E-state index contributed by atoms with van der Waals surface area (Å²) in [5, 5.41) is 3.15. The van der Waals surface area contributed by atoms with Crippen molar-refractivity contribution in [2.45, 2.75) is 26.3 Å². The van der Waals surface area contributed by atoms with E-state index in [4.69, 9.17) is 5.73 Å². The standard InChI is InChI=1S/C21H29FN6O/c1-15-5-3-4-6-17(15)12-27(2)21-19(22)20(25-14-26-21)24-11-16-7-9-28(10-8-16)13-18(23)29/h3-6,14,16H,7-13H2,1-2H3,(H2,23,29)(H,24,25,26). The highest BCUT2D eigenvalue weighted by Crippen LogP contribution is 2.24. The third-order valence-corrected chi connectivity index (χ3v) is 5.45.